The van der Waals surface area contributed by atoms with Crippen molar-refractivity contribution < 1.29 is 0 Å². The molecule has 90 valence electrons. The highest BCUT2D eigenvalue weighted by Gasteiger charge is 2.17. The van der Waals surface area contributed by atoms with Crippen LogP contribution in [0.2, 0.25) is 0 Å². The molecule has 1 nitrogen and oxygen atoms in total. The zero-order valence-electron chi connectivity index (χ0n) is 11.5. The molecule has 0 saturated carbocycles. The first-order chi connectivity index (χ1) is 7.47. The predicted octanol–water partition coefficient (Wildman–Crippen LogP) is 3.92. The van der Waals surface area contributed by atoms with Gasteiger partial charge in [0.1, 0.15) is 0 Å². The smallest absolute Gasteiger partial charge is 0.0346 e. The van der Waals surface area contributed by atoms with E-state index in [4.69, 9.17) is 0 Å². The second kappa shape index (κ2) is 5.49. The Labute approximate surface area is 100 Å². The van der Waals surface area contributed by atoms with Gasteiger partial charge in [-0.3, -0.25) is 0 Å². The summed E-state index contributed by atoms with van der Waals surface area (Å²) in [6.45, 7) is 14.4. The largest absolute Gasteiger partial charge is 0.310 e. The van der Waals surface area contributed by atoms with E-state index < -0.39 is 0 Å². The molecule has 0 heterocycles. The fraction of sp³-hybridized carbons (Fsp3) is 0.600. The lowest BCUT2D eigenvalue weighted by Crippen LogP contribution is -2.26. The maximum absolute atomic E-state index is 3.59. The van der Waals surface area contributed by atoms with Crippen LogP contribution >= 0.6 is 0 Å². The van der Waals surface area contributed by atoms with Gasteiger partial charge in [-0.15, -0.1) is 0 Å². The second-order valence-corrected chi connectivity index (χ2v) is 5.07. The molecule has 1 unspecified atom stereocenters. The molecule has 0 aliphatic carbocycles. The van der Waals surface area contributed by atoms with Crippen LogP contribution in [0.1, 0.15) is 49.1 Å². The Bertz CT molecular complexity index is 353. The number of nitrogens with one attached hydrogen (secondary N) is 1. The van der Waals surface area contributed by atoms with Crippen molar-refractivity contribution in [2.45, 2.75) is 47.6 Å². The summed E-state index contributed by atoms with van der Waals surface area (Å²) in [7, 11) is 0. The van der Waals surface area contributed by atoms with Crippen LogP contribution in [0.3, 0.4) is 0 Å². The molecule has 0 spiro atoms. The van der Waals surface area contributed by atoms with Gasteiger partial charge in [0.05, 0.1) is 0 Å². The quantitative estimate of drug-likeness (QED) is 0.809. The van der Waals surface area contributed by atoms with E-state index in [9.17, 15) is 0 Å². The second-order valence-electron chi connectivity index (χ2n) is 5.07. The fourth-order valence-corrected chi connectivity index (χ4v) is 2.24. The first-order valence-electron chi connectivity index (χ1n) is 6.28. The summed E-state index contributed by atoms with van der Waals surface area (Å²) in [6.07, 6.45) is 0. The van der Waals surface area contributed by atoms with Crippen LogP contribution in [-0.4, -0.2) is 6.54 Å². The van der Waals surface area contributed by atoms with Crippen molar-refractivity contribution in [1.29, 1.82) is 0 Å². The molecule has 1 heteroatoms. The average Bonchev–Trinajstić information content (AvgIpc) is 2.20. The van der Waals surface area contributed by atoms with Gasteiger partial charge in [0.2, 0.25) is 0 Å². The number of hydrogen-bond acceptors (Lipinski definition) is 1. The Morgan fingerprint density at radius 2 is 1.56 bits per heavy atom. The molecule has 1 rings (SSSR count). The van der Waals surface area contributed by atoms with Gasteiger partial charge in [-0.1, -0.05) is 32.9 Å². The van der Waals surface area contributed by atoms with Crippen molar-refractivity contribution in [3.63, 3.8) is 0 Å². The van der Waals surface area contributed by atoms with E-state index in [0.29, 0.717) is 12.0 Å². The Kier molecular flexibility index (Phi) is 4.55. The third kappa shape index (κ3) is 2.85. The third-order valence-electron chi connectivity index (χ3n) is 3.31. The van der Waals surface area contributed by atoms with E-state index >= 15 is 0 Å². The van der Waals surface area contributed by atoms with Gasteiger partial charge in [0, 0.05) is 6.04 Å². The summed E-state index contributed by atoms with van der Waals surface area (Å²) in [5.41, 5.74) is 5.65. The molecule has 0 bridgehead atoms. The maximum Gasteiger partial charge on any atom is 0.0346 e. The molecule has 16 heavy (non-hydrogen) atoms. The normalized spacial score (nSPS) is 13.2. The molecular formula is C15H25N. The molecule has 1 N–H and O–H groups in total. The van der Waals surface area contributed by atoms with Gasteiger partial charge >= 0.3 is 0 Å². The molecule has 1 aromatic carbocycles. The van der Waals surface area contributed by atoms with Gasteiger partial charge < -0.3 is 5.32 Å². The molecule has 0 aromatic heterocycles. The monoisotopic (exact) mass is 219 g/mol. The first kappa shape index (κ1) is 13.2. The average molecular weight is 219 g/mol. The minimum atomic E-state index is 0.476. The van der Waals surface area contributed by atoms with Crippen LogP contribution in [0.5, 0.6) is 0 Å². The highest BCUT2D eigenvalue weighted by molar-refractivity contribution is 5.38. The Balaban J connectivity index is 3.13. The molecule has 0 amide bonds. The minimum absolute atomic E-state index is 0.476. The summed E-state index contributed by atoms with van der Waals surface area (Å²) in [5.74, 6) is 0.626. The van der Waals surface area contributed by atoms with Crippen LogP contribution in [-0.2, 0) is 0 Å². The highest BCUT2D eigenvalue weighted by Crippen LogP contribution is 2.26. The van der Waals surface area contributed by atoms with E-state index in [1.807, 2.05) is 0 Å². The third-order valence-corrected chi connectivity index (χ3v) is 3.31. The molecule has 0 aliphatic heterocycles. The summed E-state index contributed by atoms with van der Waals surface area (Å²) in [6, 6.07) is 5.12. The van der Waals surface area contributed by atoms with Crippen LogP contribution in [0.25, 0.3) is 0 Å². The molecule has 0 fully saturated rings. The lowest BCUT2D eigenvalue weighted by molar-refractivity contribution is 0.420. The number of rotatable bonds is 4. The lowest BCUT2D eigenvalue weighted by atomic mass is 9.90. The molecule has 1 aromatic rings. The van der Waals surface area contributed by atoms with Crippen molar-refractivity contribution >= 4 is 0 Å². The Morgan fingerprint density at radius 1 is 1.00 bits per heavy atom. The number of benzene rings is 1. The van der Waals surface area contributed by atoms with Gasteiger partial charge in [-0.2, -0.15) is 0 Å². The van der Waals surface area contributed by atoms with Crippen molar-refractivity contribution in [1.82, 2.24) is 5.32 Å². The van der Waals surface area contributed by atoms with Gasteiger partial charge in [-0.05, 0) is 55.5 Å². The van der Waals surface area contributed by atoms with Gasteiger partial charge in [0.15, 0.2) is 0 Å². The van der Waals surface area contributed by atoms with Crippen LogP contribution in [0, 0.1) is 26.7 Å². The topological polar surface area (TPSA) is 12.0 Å². The van der Waals surface area contributed by atoms with E-state index in [1.54, 1.807) is 0 Å². The Hall–Kier alpha value is -0.820. The Morgan fingerprint density at radius 3 is 2.06 bits per heavy atom. The van der Waals surface area contributed by atoms with E-state index in [-0.39, 0.29) is 0 Å². The number of aryl methyl sites for hydroxylation is 3. The van der Waals surface area contributed by atoms with Gasteiger partial charge in [-0.25, -0.2) is 0 Å². The molecule has 0 saturated heterocycles. The number of hydrogen-bond donors (Lipinski definition) is 1. The maximum atomic E-state index is 3.59. The summed E-state index contributed by atoms with van der Waals surface area (Å²) in [4.78, 5) is 0. The van der Waals surface area contributed by atoms with Crippen molar-refractivity contribution in [3.8, 4) is 0 Å². The summed E-state index contributed by atoms with van der Waals surface area (Å²) >= 11 is 0. The summed E-state index contributed by atoms with van der Waals surface area (Å²) in [5, 5.41) is 3.59. The van der Waals surface area contributed by atoms with Crippen LogP contribution in [0.15, 0.2) is 12.1 Å². The van der Waals surface area contributed by atoms with Crippen molar-refractivity contribution in [3.05, 3.63) is 34.4 Å². The van der Waals surface area contributed by atoms with E-state index in [1.165, 1.54) is 22.3 Å². The highest BCUT2D eigenvalue weighted by atomic mass is 14.9. The predicted molar refractivity (Wildman–Crippen MR) is 71.9 cm³/mol. The standard InChI is InChI=1S/C15H25N/c1-7-16-15(10(2)3)14-9-12(5)11(4)8-13(14)6/h8-10,15-16H,7H2,1-6H3. The van der Waals surface area contributed by atoms with Gasteiger partial charge in [0.25, 0.3) is 0 Å². The zero-order valence-corrected chi connectivity index (χ0v) is 11.5. The molecule has 0 aliphatic rings. The fourth-order valence-electron chi connectivity index (χ4n) is 2.24. The SMILES string of the molecule is CCNC(c1cc(C)c(C)cc1C)C(C)C. The minimum Gasteiger partial charge on any atom is -0.310 e. The first-order valence-corrected chi connectivity index (χ1v) is 6.28. The zero-order chi connectivity index (χ0) is 12.3. The van der Waals surface area contributed by atoms with Crippen molar-refractivity contribution in [2.75, 3.05) is 6.54 Å². The molecule has 1 atom stereocenters. The van der Waals surface area contributed by atoms with E-state index in [0.717, 1.165) is 6.54 Å². The molecular weight excluding hydrogens is 194 g/mol. The van der Waals surface area contributed by atoms with E-state index in [2.05, 4.69) is 59.0 Å². The lowest BCUT2D eigenvalue weighted by Gasteiger charge is -2.25. The molecule has 0 radical (unpaired) electrons. The van der Waals surface area contributed by atoms with Crippen LogP contribution in [0.4, 0.5) is 0 Å². The van der Waals surface area contributed by atoms with Crippen LogP contribution < -0.4 is 5.32 Å². The summed E-state index contributed by atoms with van der Waals surface area (Å²) < 4.78 is 0. The van der Waals surface area contributed by atoms with Crippen molar-refractivity contribution in [2.24, 2.45) is 5.92 Å².